The van der Waals surface area contributed by atoms with Crippen LogP contribution in [0.25, 0.3) is 0 Å². The van der Waals surface area contributed by atoms with Crippen LogP contribution in [-0.4, -0.2) is 27.0 Å². The Hall–Kier alpha value is -2.96. The first-order chi connectivity index (χ1) is 15.5. The van der Waals surface area contributed by atoms with Crippen molar-refractivity contribution in [1.82, 2.24) is 0 Å². The van der Waals surface area contributed by atoms with Crippen molar-refractivity contribution in [2.75, 3.05) is 26.3 Å². The van der Waals surface area contributed by atoms with Gasteiger partial charge >= 0.3 is 0 Å². The first-order valence-corrected chi connectivity index (χ1v) is 10.6. The molecule has 0 aromatic heterocycles. The van der Waals surface area contributed by atoms with Crippen molar-refractivity contribution >= 4 is 34.6 Å². The highest BCUT2D eigenvalue weighted by molar-refractivity contribution is 6.42. The summed E-state index contributed by atoms with van der Waals surface area (Å²) in [5, 5.41) is 7.60. The first kappa shape index (κ1) is 22.2. The standard InChI is InChI=1S/C24H21Cl2FN2O3/c1-30-22-11-9-17(23(31-2)24(22)32-3)21-13-20(14-4-6-15(27)7-5-14)28-29(21)16-8-10-18(25)19(26)12-16/h4-12,21H,13H2,1-3H3/t21-/m1/s1. The smallest absolute Gasteiger partial charge is 0.203 e. The Morgan fingerprint density at radius 3 is 2.22 bits per heavy atom. The minimum absolute atomic E-state index is 0.234. The van der Waals surface area contributed by atoms with Crippen LogP contribution in [-0.2, 0) is 0 Å². The van der Waals surface area contributed by atoms with Gasteiger partial charge in [-0.05, 0) is 48.0 Å². The van der Waals surface area contributed by atoms with Crippen molar-refractivity contribution in [3.8, 4) is 17.2 Å². The molecule has 0 fully saturated rings. The third-order valence-electron chi connectivity index (χ3n) is 5.35. The van der Waals surface area contributed by atoms with E-state index in [0.717, 1.165) is 22.5 Å². The van der Waals surface area contributed by atoms with Gasteiger partial charge in [-0.3, -0.25) is 5.01 Å². The summed E-state index contributed by atoms with van der Waals surface area (Å²) in [5.41, 5.74) is 3.26. The molecule has 0 N–H and O–H groups in total. The van der Waals surface area contributed by atoms with Gasteiger partial charge in [-0.2, -0.15) is 5.10 Å². The van der Waals surface area contributed by atoms with Gasteiger partial charge in [0.05, 0.1) is 48.8 Å². The molecule has 1 aliphatic rings. The Balaban J connectivity index is 1.84. The quantitative estimate of drug-likeness (QED) is 0.408. The van der Waals surface area contributed by atoms with E-state index in [-0.39, 0.29) is 11.9 Å². The monoisotopic (exact) mass is 474 g/mol. The van der Waals surface area contributed by atoms with Gasteiger partial charge in [-0.25, -0.2) is 4.39 Å². The maximum atomic E-state index is 13.5. The van der Waals surface area contributed by atoms with Crippen molar-refractivity contribution < 1.29 is 18.6 Å². The van der Waals surface area contributed by atoms with Crippen LogP contribution in [0.15, 0.2) is 59.7 Å². The summed E-state index contributed by atoms with van der Waals surface area (Å²) in [4.78, 5) is 0. The topological polar surface area (TPSA) is 43.3 Å². The van der Waals surface area contributed by atoms with E-state index in [1.807, 2.05) is 23.2 Å². The molecule has 0 amide bonds. The van der Waals surface area contributed by atoms with E-state index in [9.17, 15) is 4.39 Å². The Morgan fingerprint density at radius 1 is 0.875 bits per heavy atom. The molecule has 0 saturated carbocycles. The maximum Gasteiger partial charge on any atom is 0.203 e. The van der Waals surface area contributed by atoms with Gasteiger partial charge in [0.2, 0.25) is 5.75 Å². The zero-order valence-electron chi connectivity index (χ0n) is 17.7. The van der Waals surface area contributed by atoms with Crippen molar-refractivity contribution in [3.63, 3.8) is 0 Å². The van der Waals surface area contributed by atoms with Crippen LogP contribution < -0.4 is 19.2 Å². The van der Waals surface area contributed by atoms with Crippen LogP contribution in [0.2, 0.25) is 10.0 Å². The highest BCUT2D eigenvalue weighted by Gasteiger charge is 2.34. The molecular weight excluding hydrogens is 454 g/mol. The van der Waals surface area contributed by atoms with Gasteiger partial charge in [-0.1, -0.05) is 35.3 Å². The van der Waals surface area contributed by atoms with Crippen LogP contribution in [0.3, 0.4) is 0 Å². The van der Waals surface area contributed by atoms with E-state index in [1.165, 1.54) is 12.1 Å². The molecule has 0 bridgehead atoms. The summed E-state index contributed by atoms with van der Waals surface area (Å²) >= 11 is 12.4. The van der Waals surface area contributed by atoms with E-state index in [1.54, 1.807) is 45.6 Å². The van der Waals surface area contributed by atoms with Crippen molar-refractivity contribution in [3.05, 3.63) is 81.6 Å². The molecule has 8 heteroatoms. The molecule has 0 radical (unpaired) electrons. The molecule has 5 nitrogen and oxygen atoms in total. The Bertz CT molecular complexity index is 1170. The number of hydrazone groups is 1. The average molecular weight is 475 g/mol. The number of halogens is 3. The second-order valence-corrected chi connectivity index (χ2v) is 7.95. The van der Waals surface area contributed by atoms with Gasteiger partial charge in [0.25, 0.3) is 0 Å². The summed E-state index contributed by atoms with van der Waals surface area (Å²) in [7, 11) is 4.72. The van der Waals surface area contributed by atoms with Crippen LogP contribution >= 0.6 is 23.2 Å². The minimum atomic E-state index is -0.299. The highest BCUT2D eigenvalue weighted by atomic mass is 35.5. The molecule has 1 heterocycles. The normalized spacial score (nSPS) is 15.5. The molecule has 0 aliphatic carbocycles. The predicted octanol–water partition coefficient (Wildman–Crippen LogP) is 6.51. The lowest BCUT2D eigenvalue weighted by atomic mass is 9.96. The number of anilines is 1. The molecule has 0 unspecified atom stereocenters. The molecule has 1 aliphatic heterocycles. The van der Waals surface area contributed by atoms with Crippen LogP contribution in [0.5, 0.6) is 17.2 Å². The molecule has 3 aromatic carbocycles. The third-order valence-corrected chi connectivity index (χ3v) is 6.09. The Kier molecular flexibility index (Phi) is 6.44. The molecular formula is C24H21Cl2FN2O3. The average Bonchev–Trinajstić information content (AvgIpc) is 3.25. The summed E-state index contributed by atoms with van der Waals surface area (Å²) in [6.07, 6.45) is 0.553. The zero-order valence-corrected chi connectivity index (χ0v) is 19.2. The number of hydrogen-bond donors (Lipinski definition) is 0. The lowest BCUT2D eigenvalue weighted by molar-refractivity contribution is 0.321. The number of hydrogen-bond acceptors (Lipinski definition) is 5. The van der Waals surface area contributed by atoms with E-state index >= 15 is 0 Å². The number of nitrogens with zero attached hydrogens (tertiary/aromatic N) is 2. The molecule has 4 rings (SSSR count). The fraction of sp³-hybridized carbons (Fsp3) is 0.208. The van der Waals surface area contributed by atoms with Gasteiger partial charge in [0.1, 0.15) is 5.82 Å². The van der Waals surface area contributed by atoms with E-state index < -0.39 is 0 Å². The van der Waals surface area contributed by atoms with Gasteiger partial charge in [-0.15, -0.1) is 0 Å². The predicted molar refractivity (Wildman–Crippen MR) is 125 cm³/mol. The van der Waals surface area contributed by atoms with Gasteiger partial charge in [0.15, 0.2) is 11.5 Å². The molecule has 32 heavy (non-hydrogen) atoms. The van der Waals surface area contributed by atoms with E-state index in [0.29, 0.717) is 33.7 Å². The zero-order chi connectivity index (χ0) is 22.8. The van der Waals surface area contributed by atoms with Gasteiger partial charge < -0.3 is 14.2 Å². The Labute approximate surface area is 195 Å². The van der Waals surface area contributed by atoms with Crippen LogP contribution in [0, 0.1) is 5.82 Å². The second kappa shape index (κ2) is 9.27. The third kappa shape index (κ3) is 4.08. The second-order valence-electron chi connectivity index (χ2n) is 7.14. The van der Waals surface area contributed by atoms with E-state index in [4.69, 9.17) is 42.5 Å². The van der Waals surface area contributed by atoms with Crippen molar-refractivity contribution in [1.29, 1.82) is 0 Å². The lowest BCUT2D eigenvalue weighted by Gasteiger charge is -2.26. The number of benzene rings is 3. The van der Waals surface area contributed by atoms with Gasteiger partial charge in [0, 0.05) is 12.0 Å². The molecule has 166 valence electrons. The first-order valence-electron chi connectivity index (χ1n) is 9.83. The molecule has 3 aromatic rings. The Morgan fingerprint density at radius 2 is 1.59 bits per heavy atom. The van der Waals surface area contributed by atoms with Crippen LogP contribution in [0.1, 0.15) is 23.6 Å². The fourth-order valence-corrected chi connectivity index (χ4v) is 4.11. The molecule has 1 atom stereocenters. The van der Waals surface area contributed by atoms with Crippen molar-refractivity contribution in [2.45, 2.75) is 12.5 Å². The summed E-state index contributed by atoms with van der Waals surface area (Å²) in [6, 6.07) is 15.2. The largest absolute Gasteiger partial charge is 0.493 e. The fourth-order valence-electron chi connectivity index (χ4n) is 3.82. The summed E-state index contributed by atoms with van der Waals surface area (Å²) < 4.78 is 30.2. The van der Waals surface area contributed by atoms with Crippen LogP contribution in [0.4, 0.5) is 10.1 Å². The highest BCUT2D eigenvalue weighted by Crippen LogP contribution is 2.47. The summed E-state index contributed by atoms with van der Waals surface area (Å²) in [5.74, 6) is 1.31. The minimum Gasteiger partial charge on any atom is -0.493 e. The SMILES string of the molecule is COc1ccc([C@H]2CC(c3ccc(F)cc3)=NN2c2ccc(Cl)c(Cl)c2)c(OC)c1OC. The number of rotatable bonds is 6. The number of methoxy groups -OCH3 is 3. The number of ether oxygens (including phenoxy) is 3. The van der Waals surface area contributed by atoms with Crippen molar-refractivity contribution in [2.24, 2.45) is 5.10 Å². The summed E-state index contributed by atoms with van der Waals surface area (Å²) in [6.45, 7) is 0. The van der Waals surface area contributed by atoms with E-state index in [2.05, 4.69) is 0 Å². The lowest BCUT2D eigenvalue weighted by Crippen LogP contribution is -2.19. The molecule has 0 saturated heterocycles. The maximum absolute atomic E-state index is 13.5. The molecule has 0 spiro atoms.